The van der Waals surface area contributed by atoms with Crippen LogP contribution in [0.15, 0.2) is 24.3 Å². The van der Waals surface area contributed by atoms with Crippen molar-refractivity contribution in [2.24, 2.45) is 23.7 Å². The number of rotatable bonds is 1. The van der Waals surface area contributed by atoms with Gasteiger partial charge in [-0.3, -0.25) is 14.5 Å². The fourth-order valence-electron chi connectivity index (χ4n) is 4.25. The molecule has 0 spiro atoms. The molecule has 4 rings (SSSR count). The molecule has 19 heavy (non-hydrogen) atoms. The molecule has 3 nitrogen and oxygen atoms in total. The predicted octanol–water partition coefficient (Wildman–Crippen LogP) is 2.36. The van der Waals surface area contributed by atoms with Crippen LogP contribution in [-0.2, 0) is 9.59 Å². The standard InChI is InChI=1S/C15H14FNO2/c16-10-3-5-11(6-4-10)17-14(18)12-8-1-2-9(7-8)13(12)15(17)19/h3-6,8-9,12-13H,1-2,7H2/t8-,9-,12-,13+/m1/s1. The molecular weight excluding hydrogens is 245 g/mol. The van der Waals surface area contributed by atoms with Crippen molar-refractivity contribution in [1.82, 2.24) is 0 Å². The lowest BCUT2D eigenvalue weighted by Crippen LogP contribution is -2.32. The largest absolute Gasteiger partial charge is 0.274 e. The molecule has 2 saturated carbocycles. The first-order valence-corrected chi connectivity index (χ1v) is 6.80. The number of amides is 2. The summed E-state index contributed by atoms with van der Waals surface area (Å²) in [4.78, 5) is 26.2. The van der Waals surface area contributed by atoms with Crippen LogP contribution in [0.25, 0.3) is 0 Å². The summed E-state index contributed by atoms with van der Waals surface area (Å²) in [7, 11) is 0. The Kier molecular flexibility index (Phi) is 2.14. The smallest absolute Gasteiger partial charge is 0.237 e. The van der Waals surface area contributed by atoms with Crippen molar-refractivity contribution in [3.05, 3.63) is 30.1 Å². The third-order valence-corrected chi connectivity index (χ3v) is 5.01. The lowest BCUT2D eigenvalue weighted by molar-refractivity contribution is -0.123. The summed E-state index contributed by atoms with van der Waals surface area (Å²) in [6.07, 6.45) is 3.17. The zero-order chi connectivity index (χ0) is 13.1. The van der Waals surface area contributed by atoms with E-state index in [4.69, 9.17) is 0 Å². The average molecular weight is 259 g/mol. The minimum Gasteiger partial charge on any atom is -0.274 e. The lowest BCUT2D eigenvalue weighted by atomic mass is 9.81. The molecule has 1 heterocycles. The van der Waals surface area contributed by atoms with E-state index in [1.54, 1.807) is 0 Å². The normalized spacial score (nSPS) is 36.2. The number of nitrogens with zero attached hydrogens (tertiary/aromatic N) is 1. The molecule has 4 atom stereocenters. The third kappa shape index (κ3) is 1.37. The highest BCUT2D eigenvalue weighted by atomic mass is 19.1. The fourth-order valence-corrected chi connectivity index (χ4v) is 4.25. The summed E-state index contributed by atoms with van der Waals surface area (Å²) in [6, 6.07) is 5.60. The van der Waals surface area contributed by atoms with Gasteiger partial charge in [-0.2, -0.15) is 0 Å². The molecule has 1 aromatic rings. The van der Waals surface area contributed by atoms with Gasteiger partial charge in [0.05, 0.1) is 17.5 Å². The number of imide groups is 1. The van der Waals surface area contributed by atoms with Crippen LogP contribution in [0.4, 0.5) is 10.1 Å². The van der Waals surface area contributed by atoms with E-state index in [-0.39, 0.29) is 29.5 Å². The molecule has 1 aliphatic heterocycles. The summed E-state index contributed by atoms with van der Waals surface area (Å²) < 4.78 is 12.9. The van der Waals surface area contributed by atoms with Crippen molar-refractivity contribution in [1.29, 1.82) is 0 Å². The number of halogens is 1. The highest BCUT2D eigenvalue weighted by Gasteiger charge is 2.61. The molecule has 98 valence electrons. The summed E-state index contributed by atoms with van der Waals surface area (Å²) in [6.45, 7) is 0. The second-order valence-electron chi connectivity index (χ2n) is 5.87. The van der Waals surface area contributed by atoms with Gasteiger partial charge in [0, 0.05) is 0 Å². The van der Waals surface area contributed by atoms with E-state index < -0.39 is 0 Å². The molecule has 0 N–H and O–H groups in total. The molecule has 2 aliphatic carbocycles. The SMILES string of the molecule is O=C1[C@@H]2[C@@H]3CC[C@H](C3)[C@@H]2C(=O)N1c1ccc(F)cc1. The number of anilines is 1. The van der Waals surface area contributed by atoms with Gasteiger partial charge >= 0.3 is 0 Å². The minimum atomic E-state index is -0.358. The second-order valence-corrected chi connectivity index (χ2v) is 5.87. The van der Waals surface area contributed by atoms with E-state index in [1.807, 2.05) is 0 Å². The van der Waals surface area contributed by atoms with E-state index >= 15 is 0 Å². The zero-order valence-electron chi connectivity index (χ0n) is 10.4. The molecule has 4 heteroatoms. The van der Waals surface area contributed by atoms with E-state index in [2.05, 4.69) is 0 Å². The van der Waals surface area contributed by atoms with Crippen LogP contribution in [0.1, 0.15) is 19.3 Å². The lowest BCUT2D eigenvalue weighted by Gasteiger charge is -2.19. The molecule has 0 aromatic heterocycles. The molecule has 3 aliphatic rings. The van der Waals surface area contributed by atoms with E-state index in [1.165, 1.54) is 29.2 Å². The maximum absolute atomic E-state index is 12.9. The average Bonchev–Trinajstić information content (AvgIpc) is 3.06. The van der Waals surface area contributed by atoms with Crippen LogP contribution in [0.2, 0.25) is 0 Å². The zero-order valence-corrected chi connectivity index (χ0v) is 10.4. The van der Waals surface area contributed by atoms with E-state index in [0.29, 0.717) is 17.5 Å². The predicted molar refractivity (Wildman–Crippen MR) is 66.7 cm³/mol. The van der Waals surface area contributed by atoms with Crippen molar-refractivity contribution >= 4 is 17.5 Å². The van der Waals surface area contributed by atoms with Gasteiger partial charge in [-0.25, -0.2) is 4.39 Å². The Balaban J connectivity index is 1.73. The second kappa shape index (κ2) is 3.65. The monoisotopic (exact) mass is 259 g/mol. The molecule has 3 fully saturated rings. The topological polar surface area (TPSA) is 37.4 Å². The van der Waals surface area contributed by atoms with Crippen LogP contribution in [0.3, 0.4) is 0 Å². The van der Waals surface area contributed by atoms with Crippen LogP contribution >= 0.6 is 0 Å². The maximum Gasteiger partial charge on any atom is 0.237 e. The van der Waals surface area contributed by atoms with Gasteiger partial charge in [0.15, 0.2) is 0 Å². The highest BCUT2D eigenvalue weighted by molar-refractivity contribution is 6.22. The minimum absolute atomic E-state index is 0.0752. The first-order chi connectivity index (χ1) is 9.16. The molecule has 2 bridgehead atoms. The number of benzene rings is 1. The summed E-state index contributed by atoms with van der Waals surface area (Å²) in [5.74, 6) is 0.0344. The number of hydrogen-bond donors (Lipinski definition) is 0. The van der Waals surface area contributed by atoms with Crippen molar-refractivity contribution in [3.63, 3.8) is 0 Å². The first kappa shape index (κ1) is 11.1. The van der Waals surface area contributed by atoms with Crippen molar-refractivity contribution < 1.29 is 14.0 Å². The Morgan fingerprint density at radius 2 is 1.47 bits per heavy atom. The van der Waals surface area contributed by atoms with Gasteiger partial charge < -0.3 is 0 Å². The molecule has 1 aromatic carbocycles. The summed E-state index contributed by atoms with van der Waals surface area (Å²) in [5.41, 5.74) is 0.505. The van der Waals surface area contributed by atoms with Crippen LogP contribution in [0.5, 0.6) is 0 Å². The third-order valence-electron chi connectivity index (χ3n) is 5.01. The molecular formula is C15H14FNO2. The Bertz CT molecular complexity index is 540. The van der Waals surface area contributed by atoms with Gasteiger partial charge in [-0.15, -0.1) is 0 Å². The summed E-state index contributed by atoms with van der Waals surface area (Å²) >= 11 is 0. The molecule has 2 amide bonds. The van der Waals surface area contributed by atoms with E-state index in [0.717, 1.165) is 19.3 Å². The highest BCUT2D eigenvalue weighted by Crippen LogP contribution is 2.56. The Morgan fingerprint density at radius 1 is 0.947 bits per heavy atom. The van der Waals surface area contributed by atoms with E-state index in [9.17, 15) is 14.0 Å². The van der Waals surface area contributed by atoms with Crippen LogP contribution in [-0.4, -0.2) is 11.8 Å². The molecule has 0 unspecified atom stereocenters. The Hall–Kier alpha value is -1.71. The summed E-state index contributed by atoms with van der Waals surface area (Å²) in [5, 5.41) is 0. The van der Waals surface area contributed by atoms with Crippen molar-refractivity contribution in [2.75, 3.05) is 4.90 Å². The molecule has 1 saturated heterocycles. The van der Waals surface area contributed by atoms with Gasteiger partial charge in [0.1, 0.15) is 5.82 Å². The van der Waals surface area contributed by atoms with Gasteiger partial charge in [-0.1, -0.05) is 0 Å². The first-order valence-electron chi connectivity index (χ1n) is 6.80. The van der Waals surface area contributed by atoms with Crippen LogP contribution < -0.4 is 4.90 Å². The van der Waals surface area contributed by atoms with Gasteiger partial charge in [-0.05, 0) is 55.4 Å². The maximum atomic E-state index is 12.9. The number of fused-ring (bicyclic) bond motifs is 5. The van der Waals surface area contributed by atoms with Gasteiger partial charge in [0.2, 0.25) is 11.8 Å². The van der Waals surface area contributed by atoms with Crippen molar-refractivity contribution in [2.45, 2.75) is 19.3 Å². The Labute approximate surface area is 110 Å². The van der Waals surface area contributed by atoms with Gasteiger partial charge in [0.25, 0.3) is 0 Å². The fraction of sp³-hybridized carbons (Fsp3) is 0.467. The number of hydrogen-bond acceptors (Lipinski definition) is 2. The molecule has 0 radical (unpaired) electrons. The number of carbonyl (C=O) groups excluding carboxylic acids is 2. The Morgan fingerprint density at radius 3 is 2.00 bits per heavy atom. The van der Waals surface area contributed by atoms with Crippen molar-refractivity contribution in [3.8, 4) is 0 Å². The number of carbonyl (C=O) groups is 2. The van der Waals surface area contributed by atoms with Crippen LogP contribution in [0, 0.1) is 29.5 Å². The quantitative estimate of drug-likeness (QED) is 0.726.